The van der Waals surface area contributed by atoms with Crippen LogP contribution >= 0.6 is 0 Å². The Morgan fingerprint density at radius 2 is 2.00 bits per heavy atom. The highest BCUT2D eigenvalue weighted by atomic mass is 15.1. The van der Waals surface area contributed by atoms with Crippen LogP contribution in [0.5, 0.6) is 0 Å². The van der Waals surface area contributed by atoms with Gasteiger partial charge < -0.3 is 0 Å². The second-order valence-corrected chi connectivity index (χ2v) is 6.63. The highest BCUT2D eigenvalue weighted by Crippen LogP contribution is 3.10. The van der Waals surface area contributed by atoms with E-state index in [9.17, 15) is 0 Å². The first-order chi connectivity index (χ1) is 7.15. The smallest absolute Gasteiger partial charge is 0.0139 e. The van der Waals surface area contributed by atoms with Gasteiger partial charge in [0, 0.05) is 0 Å². The Hall–Kier alpha value is 0. The maximum absolute atomic E-state index is 2.53. The molecule has 0 radical (unpaired) electrons. The fourth-order valence-electron chi connectivity index (χ4n) is 5.54. The molecule has 0 amide bonds. The van der Waals surface area contributed by atoms with Gasteiger partial charge in [0.05, 0.1) is 0 Å². The van der Waals surface area contributed by atoms with Crippen LogP contribution in [-0.4, -0.2) is 0 Å². The summed E-state index contributed by atoms with van der Waals surface area (Å²) in [6.45, 7) is 9.76. The van der Waals surface area contributed by atoms with E-state index < -0.39 is 0 Å². The third kappa shape index (κ3) is 0.806. The van der Waals surface area contributed by atoms with Gasteiger partial charge in [-0.25, -0.2) is 0 Å². The molecule has 0 aromatic rings. The standard InChI is InChI=1S/C15H26/c1-5-8-13(7-3,11(4)6-2)15-10-14(15)9-12(14)15/h11-12H,5-10H2,1-4H3. The number of hydrogen-bond acceptors (Lipinski definition) is 0. The minimum absolute atomic E-state index is 0.736. The van der Waals surface area contributed by atoms with E-state index in [-0.39, 0.29) is 0 Å². The van der Waals surface area contributed by atoms with Crippen LogP contribution in [0.1, 0.15) is 66.2 Å². The van der Waals surface area contributed by atoms with Gasteiger partial charge in [-0.3, -0.25) is 0 Å². The van der Waals surface area contributed by atoms with E-state index in [1.165, 1.54) is 31.6 Å². The van der Waals surface area contributed by atoms with Gasteiger partial charge in [0.25, 0.3) is 0 Å². The summed E-state index contributed by atoms with van der Waals surface area (Å²) in [4.78, 5) is 0. The van der Waals surface area contributed by atoms with Crippen molar-refractivity contribution >= 4 is 0 Å². The van der Waals surface area contributed by atoms with E-state index in [0.29, 0.717) is 0 Å². The molecule has 3 aliphatic carbocycles. The molecule has 0 heterocycles. The molecule has 0 aliphatic heterocycles. The van der Waals surface area contributed by atoms with Crippen molar-refractivity contribution in [2.45, 2.75) is 66.2 Å². The van der Waals surface area contributed by atoms with Gasteiger partial charge in [-0.05, 0) is 53.8 Å². The van der Waals surface area contributed by atoms with Crippen LogP contribution in [-0.2, 0) is 0 Å². The average molecular weight is 206 g/mol. The van der Waals surface area contributed by atoms with Gasteiger partial charge in [0.2, 0.25) is 0 Å². The molecule has 3 saturated carbocycles. The van der Waals surface area contributed by atoms with Gasteiger partial charge in [0.1, 0.15) is 0 Å². The predicted octanol–water partition coefficient (Wildman–Crippen LogP) is 4.64. The molecule has 0 aromatic heterocycles. The van der Waals surface area contributed by atoms with Crippen molar-refractivity contribution in [2.75, 3.05) is 0 Å². The lowest BCUT2D eigenvalue weighted by atomic mass is 9.61. The molecule has 0 bridgehead atoms. The molecular formula is C15H26. The summed E-state index contributed by atoms with van der Waals surface area (Å²) in [5.41, 5.74) is 2.57. The molecule has 0 N–H and O–H groups in total. The van der Waals surface area contributed by atoms with Crippen molar-refractivity contribution in [1.82, 2.24) is 0 Å². The molecule has 3 rings (SSSR count). The molecule has 5 atom stereocenters. The average Bonchev–Trinajstić information content (AvgIpc) is 3.15. The molecule has 86 valence electrons. The van der Waals surface area contributed by atoms with Gasteiger partial charge in [-0.15, -0.1) is 0 Å². The fraction of sp³-hybridized carbons (Fsp3) is 1.00. The fourth-order valence-corrected chi connectivity index (χ4v) is 5.54. The van der Waals surface area contributed by atoms with Crippen molar-refractivity contribution < 1.29 is 0 Å². The van der Waals surface area contributed by atoms with Gasteiger partial charge in [-0.1, -0.05) is 40.5 Å². The quantitative estimate of drug-likeness (QED) is 0.594. The Labute approximate surface area is 94.8 Å². The second-order valence-electron chi connectivity index (χ2n) is 6.63. The summed E-state index contributed by atoms with van der Waals surface area (Å²) in [6, 6.07) is 0. The first-order valence-electron chi connectivity index (χ1n) is 7.15. The number of fused-ring (bicyclic) bond motifs is 1. The predicted molar refractivity (Wildman–Crippen MR) is 64.7 cm³/mol. The largest absolute Gasteiger partial charge is 0.0654 e. The minimum Gasteiger partial charge on any atom is -0.0654 e. The highest BCUT2D eigenvalue weighted by molar-refractivity contribution is 5.52. The Kier molecular flexibility index (Phi) is 1.78. The van der Waals surface area contributed by atoms with E-state index in [1.807, 2.05) is 0 Å². The molecule has 3 fully saturated rings. The molecule has 0 saturated heterocycles. The number of hydrogen-bond donors (Lipinski definition) is 0. The summed E-state index contributed by atoms with van der Waals surface area (Å²) in [6.07, 6.45) is 8.93. The maximum atomic E-state index is 2.53. The van der Waals surface area contributed by atoms with Crippen molar-refractivity contribution in [2.24, 2.45) is 28.1 Å². The zero-order chi connectivity index (χ0) is 10.9. The lowest BCUT2D eigenvalue weighted by molar-refractivity contribution is 0.0520. The van der Waals surface area contributed by atoms with E-state index >= 15 is 0 Å². The van der Waals surface area contributed by atoms with E-state index in [0.717, 1.165) is 22.2 Å². The first kappa shape index (κ1) is 10.2. The van der Waals surface area contributed by atoms with Crippen LogP contribution in [0.3, 0.4) is 0 Å². The first-order valence-corrected chi connectivity index (χ1v) is 7.15. The van der Waals surface area contributed by atoms with Crippen molar-refractivity contribution in [3.8, 4) is 0 Å². The zero-order valence-corrected chi connectivity index (χ0v) is 10.9. The van der Waals surface area contributed by atoms with Crippen LogP contribution < -0.4 is 0 Å². The summed E-state index contributed by atoms with van der Waals surface area (Å²) >= 11 is 0. The monoisotopic (exact) mass is 206 g/mol. The summed E-state index contributed by atoms with van der Waals surface area (Å²) in [5.74, 6) is 2.15. The highest BCUT2D eigenvalue weighted by Gasteiger charge is 3.04. The Morgan fingerprint density at radius 1 is 1.33 bits per heavy atom. The van der Waals surface area contributed by atoms with Crippen LogP contribution in [0, 0.1) is 28.1 Å². The summed E-state index contributed by atoms with van der Waals surface area (Å²) in [5, 5.41) is 0. The molecular weight excluding hydrogens is 180 g/mol. The van der Waals surface area contributed by atoms with Gasteiger partial charge in [-0.2, -0.15) is 0 Å². The van der Waals surface area contributed by atoms with E-state index in [2.05, 4.69) is 27.7 Å². The lowest BCUT2D eigenvalue weighted by Crippen LogP contribution is -2.36. The normalized spacial score (nSPS) is 50.0. The van der Waals surface area contributed by atoms with Crippen LogP contribution in [0.25, 0.3) is 0 Å². The maximum Gasteiger partial charge on any atom is -0.0139 e. The van der Waals surface area contributed by atoms with Gasteiger partial charge >= 0.3 is 0 Å². The lowest BCUT2D eigenvalue weighted by Gasteiger charge is -2.44. The van der Waals surface area contributed by atoms with Crippen LogP contribution in [0.2, 0.25) is 0 Å². The third-order valence-corrected chi connectivity index (χ3v) is 6.72. The molecule has 0 aromatic carbocycles. The molecule has 0 heteroatoms. The third-order valence-electron chi connectivity index (χ3n) is 6.72. The van der Waals surface area contributed by atoms with Crippen LogP contribution in [0.15, 0.2) is 0 Å². The minimum atomic E-state index is 0.736. The van der Waals surface area contributed by atoms with Crippen molar-refractivity contribution in [3.63, 3.8) is 0 Å². The molecule has 15 heavy (non-hydrogen) atoms. The Bertz CT molecular complexity index is 294. The second kappa shape index (κ2) is 2.63. The van der Waals surface area contributed by atoms with Gasteiger partial charge in [0.15, 0.2) is 0 Å². The van der Waals surface area contributed by atoms with Crippen molar-refractivity contribution in [1.29, 1.82) is 0 Å². The summed E-state index contributed by atoms with van der Waals surface area (Å²) in [7, 11) is 0. The van der Waals surface area contributed by atoms with Crippen LogP contribution in [0.4, 0.5) is 0 Å². The molecule has 1 spiro atoms. The Morgan fingerprint density at radius 3 is 2.27 bits per heavy atom. The number of rotatable bonds is 6. The molecule has 0 nitrogen and oxygen atoms in total. The van der Waals surface area contributed by atoms with E-state index in [4.69, 9.17) is 0 Å². The SMILES string of the molecule is CCCC(CC)(C(C)CC)C12CC13CC32. The Balaban J connectivity index is 1.86. The van der Waals surface area contributed by atoms with Crippen molar-refractivity contribution in [3.05, 3.63) is 0 Å². The molecule has 5 unspecified atom stereocenters. The van der Waals surface area contributed by atoms with E-state index in [1.54, 1.807) is 12.8 Å². The molecule has 3 aliphatic rings. The zero-order valence-electron chi connectivity index (χ0n) is 10.9. The summed E-state index contributed by atoms with van der Waals surface area (Å²) < 4.78 is 0. The topological polar surface area (TPSA) is 0 Å².